The molecule has 3 aliphatic rings. The molecule has 0 aliphatic carbocycles. The van der Waals surface area contributed by atoms with Gasteiger partial charge >= 0.3 is 53.7 Å². The molecule has 656 valence electrons. The molecular weight excluding hydrogens is 1520 g/mol. The van der Waals surface area contributed by atoms with Gasteiger partial charge in [0.2, 0.25) is 35.4 Å². The van der Waals surface area contributed by atoms with Gasteiger partial charge in [0, 0.05) is 185 Å². The number of ether oxygens (including phenoxy) is 18. The fraction of sp³-hybridized carbons (Fsp3) is 0.803. The number of carbonyl (C=O) groups is 15. The summed E-state index contributed by atoms with van der Waals surface area (Å²) in [6, 6.07) is 0. The van der Waals surface area contributed by atoms with Gasteiger partial charge in [-0.25, -0.2) is 0 Å². The molecule has 0 aromatic heterocycles. The minimum atomic E-state index is -1.04. The van der Waals surface area contributed by atoms with Crippen molar-refractivity contribution in [2.24, 2.45) is 11.3 Å². The van der Waals surface area contributed by atoms with Crippen LogP contribution in [-0.2, 0) is 157 Å². The van der Waals surface area contributed by atoms with Gasteiger partial charge in [-0.3, -0.25) is 71.9 Å². The first-order valence-corrected chi connectivity index (χ1v) is 39.3. The largest absolute Gasteiger partial charge is 0.463 e. The summed E-state index contributed by atoms with van der Waals surface area (Å²) in [5, 5.41) is 17.0. The molecule has 39 heteroatoms. The molecule has 0 unspecified atom stereocenters. The molecule has 6 amide bonds. The second-order valence-corrected chi connectivity index (χ2v) is 28.2. The number of unbranched alkanes of at least 4 members (excludes halogenated alkanes) is 3. The van der Waals surface area contributed by atoms with Crippen LogP contribution in [0.5, 0.6) is 0 Å². The van der Waals surface area contributed by atoms with E-state index in [1.54, 1.807) is 0 Å². The number of esters is 9. The standard InChI is InChI=1S/C76H124N6O33/c1-48(2)76(45-98-36-24-67(95)80-30-18-27-77-64(92)21-12-15-33-101-70-39-58(107-52(6)86)73(110-55(9)89)61(113-70)42-104-49(3)83,46-99-37-25-68(96)81-31-19-28-78-65(93)22-13-16-34-102-71-40-59(108-53(7)87)74(111-56(10)90)62(114-71)43-105-50(4)84)47-100-38-26-69(97)82-32-20-29-79-66(94)23-14-17-35-103-72-41-60(109-54(8)88)75(112-57(11)91)63(115-72)44-106-51(5)85/h48,58-63,70-75H,12-47H2,1-11H3,(H,77,92)(H,78,93)(H,79,94)(H,80,95)(H,81,96)(H,82,97)/t58-,59-,60-,61-,62-,63-,70-,71-,72-,73-,74-,75-/m1/s1. The van der Waals surface area contributed by atoms with Crippen molar-refractivity contribution in [1.29, 1.82) is 0 Å². The van der Waals surface area contributed by atoms with Crippen LogP contribution in [0.3, 0.4) is 0 Å². The van der Waals surface area contributed by atoms with Crippen molar-refractivity contribution in [3.05, 3.63) is 0 Å². The van der Waals surface area contributed by atoms with Gasteiger partial charge < -0.3 is 117 Å². The topological polar surface area (TPSA) is 494 Å². The van der Waals surface area contributed by atoms with E-state index in [1.165, 1.54) is 62.3 Å². The van der Waals surface area contributed by atoms with E-state index >= 15 is 0 Å². The lowest BCUT2D eigenvalue weighted by Gasteiger charge is -2.39. The SMILES string of the molecule is CC(=O)OC[C@H]1O[C@@H](OCCCCC(=O)NCCCNC(=O)CCOCC(COCCC(=O)NCCCNC(=O)CCCCO[C@H]2C[C@@H](OC(C)=O)[C@@H](OC(C)=O)[C@@H](COC(C)=O)O2)(COCCC(=O)NCCCNC(=O)CCCCO[C@H]2C[C@@H](OC(C)=O)[C@@H](OC(C)=O)[C@@H](COC(C)=O)O2)C(C)C)C[C@@H](OC(C)=O)[C@H]1OC(C)=O. The van der Waals surface area contributed by atoms with E-state index in [9.17, 15) is 71.9 Å². The smallest absolute Gasteiger partial charge is 0.303 e. The molecule has 0 aromatic carbocycles. The van der Waals surface area contributed by atoms with Crippen LogP contribution in [0.4, 0.5) is 0 Å². The van der Waals surface area contributed by atoms with Gasteiger partial charge in [0.25, 0.3) is 0 Å². The van der Waals surface area contributed by atoms with Crippen LogP contribution in [0, 0.1) is 11.3 Å². The van der Waals surface area contributed by atoms with Crippen molar-refractivity contribution in [2.75, 3.05) is 119 Å². The third-order valence-corrected chi connectivity index (χ3v) is 17.8. The highest BCUT2D eigenvalue weighted by molar-refractivity contribution is 5.78. The van der Waals surface area contributed by atoms with E-state index < -0.39 is 133 Å². The van der Waals surface area contributed by atoms with Crippen molar-refractivity contribution >= 4 is 89.2 Å². The molecule has 39 nitrogen and oxygen atoms in total. The zero-order valence-electron chi connectivity index (χ0n) is 68.4. The predicted molar refractivity (Wildman–Crippen MR) is 398 cm³/mol. The molecule has 0 bridgehead atoms. The quantitative estimate of drug-likeness (QED) is 0.0288. The molecule has 0 aromatic rings. The number of hydrogen-bond donors (Lipinski definition) is 6. The van der Waals surface area contributed by atoms with E-state index in [0.29, 0.717) is 77.4 Å². The fourth-order valence-electron chi connectivity index (χ4n) is 11.9. The molecule has 3 rings (SSSR count). The van der Waals surface area contributed by atoms with E-state index in [1.807, 2.05) is 13.8 Å². The van der Waals surface area contributed by atoms with Gasteiger partial charge in [0.1, 0.15) is 56.4 Å². The lowest BCUT2D eigenvalue weighted by Crippen LogP contribution is -2.54. The fourth-order valence-corrected chi connectivity index (χ4v) is 11.9. The molecule has 3 fully saturated rings. The molecule has 3 saturated heterocycles. The number of carbonyl (C=O) groups excluding carboxylic acids is 15. The second kappa shape index (κ2) is 57.7. The van der Waals surface area contributed by atoms with E-state index in [-0.39, 0.29) is 198 Å². The molecule has 115 heavy (non-hydrogen) atoms. The summed E-state index contributed by atoms with van der Waals surface area (Å²) in [6.07, 6.45) is -6.59. The minimum Gasteiger partial charge on any atom is -0.463 e. The monoisotopic (exact) mass is 1650 g/mol. The van der Waals surface area contributed by atoms with Crippen molar-refractivity contribution in [2.45, 2.75) is 266 Å². The Morgan fingerprint density at radius 3 is 0.757 bits per heavy atom. The lowest BCUT2D eigenvalue weighted by atomic mass is 9.79. The predicted octanol–water partition coefficient (Wildman–Crippen LogP) is 1.90. The highest BCUT2D eigenvalue weighted by Gasteiger charge is 2.47. The maximum Gasteiger partial charge on any atom is 0.303 e. The lowest BCUT2D eigenvalue weighted by molar-refractivity contribution is -0.266. The van der Waals surface area contributed by atoms with Crippen LogP contribution < -0.4 is 31.9 Å². The van der Waals surface area contributed by atoms with Crippen molar-refractivity contribution in [3.63, 3.8) is 0 Å². The molecule has 0 saturated carbocycles. The normalized spacial score (nSPS) is 21.2. The summed E-state index contributed by atoms with van der Waals surface area (Å²) in [7, 11) is 0. The first-order chi connectivity index (χ1) is 54.7. The summed E-state index contributed by atoms with van der Waals surface area (Å²) in [6.45, 7) is 16.5. The Morgan fingerprint density at radius 2 is 0.539 bits per heavy atom. The van der Waals surface area contributed by atoms with Crippen molar-refractivity contribution in [3.8, 4) is 0 Å². The van der Waals surface area contributed by atoms with Gasteiger partial charge in [-0.05, 0) is 63.7 Å². The van der Waals surface area contributed by atoms with Crippen LogP contribution in [0.2, 0.25) is 0 Å². The maximum absolute atomic E-state index is 12.9. The van der Waals surface area contributed by atoms with Gasteiger partial charge in [0.15, 0.2) is 37.2 Å². The molecule has 0 spiro atoms. The Hall–Kier alpha value is -8.31. The Bertz CT molecular complexity index is 2730. The summed E-state index contributed by atoms with van der Waals surface area (Å²) in [4.78, 5) is 182. The van der Waals surface area contributed by atoms with Crippen LogP contribution in [-0.4, -0.2) is 282 Å². The van der Waals surface area contributed by atoms with Crippen LogP contribution in [0.15, 0.2) is 0 Å². The molecule has 6 N–H and O–H groups in total. The minimum absolute atomic E-state index is 0.0103. The first kappa shape index (κ1) is 101. The van der Waals surface area contributed by atoms with E-state index in [4.69, 9.17) is 85.3 Å². The average molecular weight is 1650 g/mol. The van der Waals surface area contributed by atoms with Crippen LogP contribution >= 0.6 is 0 Å². The number of hydrogen-bond acceptors (Lipinski definition) is 33. The molecule has 12 atom stereocenters. The highest BCUT2D eigenvalue weighted by Crippen LogP contribution is 2.32. The third-order valence-electron chi connectivity index (χ3n) is 17.8. The Kier molecular flexibility index (Phi) is 50.6. The highest BCUT2D eigenvalue weighted by atomic mass is 16.7. The zero-order valence-corrected chi connectivity index (χ0v) is 68.4. The summed E-state index contributed by atoms with van der Waals surface area (Å²) < 4.78 is 101. The number of amides is 6. The van der Waals surface area contributed by atoms with E-state index in [0.717, 1.165) is 0 Å². The van der Waals surface area contributed by atoms with Gasteiger partial charge in [-0.1, -0.05) is 13.8 Å². The molecule has 0 radical (unpaired) electrons. The number of nitrogens with one attached hydrogen (secondary N) is 6. The summed E-state index contributed by atoms with van der Waals surface area (Å²) in [5.41, 5.74) is -0.803. The van der Waals surface area contributed by atoms with Crippen LogP contribution in [0.25, 0.3) is 0 Å². The maximum atomic E-state index is 12.9. The van der Waals surface area contributed by atoms with Crippen molar-refractivity contribution < 1.29 is 157 Å². The van der Waals surface area contributed by atoms with Gasteiger partial charge in [-0.15, -0.1) is 0 Å². The first-order valence-electron chi connectivity index (χ1n) is 39.3. The summed E-state index contributed by atoms with van der Waals surface area (Å²) in [5.74, 6) is -7.15. The Morgan fingerprint density at radius 1 is 0.304 bits per heavy atom. The van der Waals surface area contributed by atoms with E-state index in [2.05, 4.69) is 31.9 Å². The molecule has 3 heterocycles. The van der Waals surface area contributed by atoms with Gasteiger partial charge in [-0.2, -0.15) is 0 Å². The van der Waals surface area contributed by atoms with Crippen LogP contribution in [0.1, 0.15) is 192 Å². The average Bonchev–Trinajstić information content (AvgIpc) is 0.823. The second-order valence-electron chi connectivity index (χ2n) is 28.2. The third kappa shape index (κ3) is 46.3. The molecular formula is C76H124N6O33. The Balaban J connectivity index is 1.43. The summed E-state index contributed by atoms with van der Waals surface area (Å²) >= 11 is 0. The number of rotatable bonds is 58. The molecule has 3 aliphatic heterocycles. The van der Waals surface area contributed by atoms with Gasteiger partial charge in [0.05, 0.1) is 39.6 Å². The zero-order chi connectivity index (χ0) is 85.1. The Labute approximate surface area is 671 Å². The van der Waals surface area contributed by atoms with Crippen molar-refractivity contribution in [1.82, 2.24) is 31.9 Å².